The van der Waals surface area contributed by atoms with Gasteiger partial charge >= 0.3 is 0 Å². The summed E-state index contributed by atoms with van der Waals surface area (Å²) < 4.78 is 5.20. The zero-order valence-corrected chi connectivity index (χ0v) is 15.4. The third-order valence-corrected chi connectivity index (χ3v) is 5.41. The number of carbonyl (C=O) groups excluding carboxylic acids is 1. The van der Waals surface area contributed by atoms with E-state index in [1.807, 2.05) is 35.2 Å². The third-order valence-electron chi connectivity index (χ3n) is 4.40. The molecular formula is C20H24N2O2S. The Morgan fingerprint density at radius 3 is 2.32 bits per heavy atom. The molecule has 1 fully saturated rings. The number of amides is 1. The number of anilines is 1. The Hall–Kier alpha value is -2.14. The number of rotatable bonds is 6. The van der Waals surface area contributed by atoms with Crippen molar-refractivity contribution >= 4 is 23.4 Å². The first-order chi connectivity index (χ1) is 12.3. The SMILES string of the molecule is COc1ccc(N2CCN(C(=O)CCSc3ccccc3)CC2)cc1. The van der Waals surface area contributed by atoms with E-state index in [0.29, 0.717) is 6.42 Å². The molecular weight excluding hydrogens is 332 g/mol. The van der Waals surface area contributed by atoms with Gasteiger partial charge in [0, 0.05) is 48.9 Å². The highest BCUT2D eigenvalue weighted by molar-refractivity contribution is 7.99. The molecule has 1 heterocycles. The van der Waals surface area contributed by atoms with Crippen LogP contribution in [-0.4, -0.2) is 49.8 Å². The predicted octanol–water partition coefficient (Wildman–Crippen LogP) is 3.53. The summed E-state index contributed by atoms with van der Waals surface area (Å²) in [5.41, 5.74) is 1.19. The number of thioether (sulfide) groups is 1. The lowest BCUT2D eigenvalue weighted by atomic mass is 10.2. The first-order valence-electron chi connectivity index (χ1n) is 8.61. The van der Waals surface area contributed by atoms with E-state index >= 15 is 0 Å². The average Bonchev–Trinajstić information content (AvgIpc) is 2.69. The van der Waals surface area contributed by atoms with Gasteiger partial charge in [0.2, 0.25) is 5.91 Å². The largest absolute Gasteiger partial charge is 0.497 e. The fraction of sp³-hybridized carbons (Fsp3) is 0.350. The maximum atomic E-state index is 12.4. The maximum Gasteiger partial charge on any atom is 0.223 e. The fourth-order valence-electron chi connectivity index (χ4n) is 2.94. The Morgan fingerprint density at radius 1 is 1.00 bits per heavy atom. The summed E-state index contributed by atoms with van der Waals surface area (Å²) in [5, 5.41) is 0. The Balaban J connectivity index is 1.42. The Bertz CT molecular complexity index is 668. The van der Waals surface area contributed by atoms with Crippen LogP contribution in [0.2, 0.25) is 0 Å². The summed E-state index contributed by atoms with van der Waals surface area (Å²) in [5.74, 6) is 1.97. The van der Waals surface area contributed by atoms with Crippen LogP contribution in [-0.2, 0) is 4.79 Å². The summed E-state index contributed by atoms with van der Waals surface area (Å²) in [7, 11) is 1.68. The highest BCUT2D eigenvalue weighted by Gasteiger charge is 2.21. The molecule has 25 heavy (non-hydrogen) atoms. The Labute approximate surface area is 153 Å². The summed E-state index contributed by atoms with van der Waals surface area (Å²) in [6.07, 6.45) is 0.599. The zero-order valence-electron chi connectivity index (χ0n) is 14.6. The molecule has 1 amide bonds. The van der Waals surface area contributed by atoms with Crippen LogP contribution >= 0.6 is 11.8 Å². The minimum absolute atomic E-state index is 0.262. The summed E-state index contributed by atoms with van der Waals surface area (Å²) in [6, 6.07) is 18.4. The van der Waals surface area contributed by atoms with E-state index in [-0.39, 0.29) is 5.91 Å². The molecule has 1 aliphatic heterocycles. The lowest BCUT2D eigenvalue weighted by Gasteiger charge is -2.36. The molecule has 0 unspecified atom stereocenters. The van der Waals surface area contributed by atoms with Crippen molar-refractivity contribution in [3.05, 3.63) is 54.6 Å². The van der Waals surface area contributed by atoms with Gasteiger partial charge in [0.15, 0.2) is 0 Å². The second kappa shape index (κ2) is 8.81. The topological polar surface area (TPSA) is 32.8 Å². The normalized spacial score (nSPS) is 14.4. The molecule has 0 aromatic heterocycles. The molecule has 132 valence electrons. The molecule has 4 nitrogen and oxygen atoms in total. The highest BCUT2D eigenvalue weighted by Crippen LogP contribution is 2.21. The first-order valence-corrected chi connectivity index (χ1v) is 9.59. The van der Waals surface area contributed by atoms with Gasteiger partial charge in [0.1, 0.15) is 5.75 Å². The van der Waals surface area contributed by atoms with E-state index in [4.69, 9.17) is 4.74 Å². The van der Waals surface area contributed by atoms with Crippen molar-refractivity contribution in [1.29, 1.82) is 0 Å². The molecule has 3 rings (SSSR count). The molecule has 0 radical (unpaired) electrons. The second-order valence-electron chi connectivity index (χ2n) is 5.98. The van der Waals surface area contributed by atoms with Crippen LogP contribution < -0.4 is 9.64 Å². The minimum Gasteiger partial charge on any atom is -0.497 e. The molecule has 2 aromatic carbocycles. The molecule has 1 aliphatic rings. The van der Waals surface area contributed by atoms with Crippen molar-refractivity contribution in [2.75, 3.05) is 43.9 Å². The number of hydrogen-bond donors (Lipinski definition) is 0. The molecule has 0 bridgehead atoms. The van der Waals surface area contributed by atoms with Crippen LogP contribution in [0.15, 0.2) is 59.5 Å². The number of piperazine rings is 1. The van der Waals surface area contributed by atoms with Crippen LogP contribution in [0, 0.1) is 0 Å². The second-order valence-corrected chi connectivity index (χ2v) is 7.15. The summed E-state index contributed by atoms with van der Waals surface area (Å²) in [4.78, 5) is 17.9. The lowest BCUT2D eigenvalue weighted by Crippen LogP contribution is -2.48. The molecule has 0 aliphatic carbocycles. The molecule has 0 spiro atoms. The van der Waals surface area contributed by atoms with Crippen molar-refractivity contribution in [1.82, 2.24) is 4.90 Å². The minimum atomic E-state index is 0.262. The van der Waals surface area contributed by atoms with E-state index in [1.165, 1.54) is 10.6 Å². The number of carbonyl (C=O) groups is 1. The molecule has 2 aromatic rings. The number of nitrogens with zero attached hydrogens (tertiary/aromatic N) is 2. The smallest absolute Gasteiger partial charge is 0.223 e. The molecule has 0 N–H and O–H groups in total. The molecule has 1 saturated heterocycles. The standard InChI is InChI=1S/C20H24N2O2S/c1-24-18-9-7-17(8-10-18)21-12-14-22(15-13-21)20(23)11-16-25-19-5-3-2-4-6-19/h2-10H,11-16H2,1H3. The first kappa shape index (κ1) is 17.7. The van der Waals surface area contributed by atoms with Crippen LogP contribution in [0.1, 0.15) is 6.42 Å². The van der Waals surface area contributed by atoms with Gasteiger partial charge in [0.25, 0.3) is 0 Å². The predicted molar refractivity (Wildman–Crippen MR) is 104 cm³/mol. The van der Waals surface area contributed by atoms with E-state index in [1.54, 1.807) is 18.9 Å². The number of benzene rings is 2. The highest BCUT2D eigenvalue weighted by atomic mass is 32.2. The zero-order chi connectivity index (χ0) is 17.5. The lowest BCUT2D eigenvalue weighted by molar-refractivity contribution is -0.131. The van der Waals surface area contributed by atoms with Crippen LogP contribution in [0.5, 0.6) is 5.75 Å². The van der Waals surface area contributed by atoms with Crippen molar-refractivity contribution in [2.45, 2.75) is 11.3 Å². The number of hydrogen-bond acceptors (Lipinski definition) is 4. The van der Waals surface area contributed by atoms with Gasteiger partial charge in [-0.05, 0) is 36.4 Å². The van der Waals surface area contributed by atoms with Gasteiger partial charge < -0.3 is 14.5 Å². The average molecular weight is 356 g/mol. The monoisotopic (exact) mass is 356 g/mol. The summed E-state index contributed by atoms with van der Waals surface area (Å²) >= 11 is 1.74. The number of methoxy groups -OCH3 is 1. The van der Waals surface area contributed by atoms with Gasteiger partial charge in [-0.3, -0.25) is 4.79 Å². The third kappa shape index (κ3) is 4.92. The van der Waals surface area contributed by atoms with Crippen molar-refractivity contribution < 1.29 is 9.53 Å². The van der Waals surface area contributed by atoms with E-state index in [2.05, 4.69) is 29.2 Å². The van der Waals surface area contributed by atoms with Gasteiger partial charge in [-0.25, -0.2) is 0 Å². The Morgan fingerprint density at radius 2 is 1.68 bits per heavy atom. The van der Waals surface area contributed by atoms with Gasteiger partial charge in [-0.15, -0.1) is 11.8 Å². The van der Waals surface area contributed by atoms with E-state index in [9.17, 15) is 4.79 Å². The van der Waals surface area contributed by atoms with Gasteiger partial charge in [0.05, 0.1) is 7.11 Å². The van der Waals surface area contributed by atoms with E-state index < -0.39 is 0 Å². The van der Waals surface area contributed by atoms with E-state index in [0.717, 1.165) is 37.7 Å². The van der Waals surface area contributed by atoms with Crippen LogP contribution in [0.3, 0.4) is 0 Å². The maximum absolute atomic E-state index is 12.4. The summed E-state index contributed by atoms with van der Waals surface area (Å²) in [6.45, 7) is 3.34. The molecule has 0 atom stereocenters. The number of ether oxygens (including phenoxy) is 1. The van der Waals surface area contributed by atoms with Crippen LogP contribution in [0.25, 0.3) is 0 Å². The fourth-order valence-corrected chi connectivity index (χ4v) is 3.80. The molecule has 0 saturated carbocycles. The quantitative estimate of drug-likeness (QED) is 0.742. The van der Waals surface area contributed by atoms with Crippen molar-refractivity contribution in [3.63, 3.8) is 0 Å². The van der Waals surface area contributed by atoms with Gasteiger partial charge in [-0.2, -0.15) is 0 Å². The molecule has 5 heteroatoms. The van der Waals surface area contributed by atoms with Crippen molar-refractivity contribution in [3.8, 4) is 5.75 Å². The van der Waals surface area contributed by atoms with Crippen molar-refractivity contribution in [2.24, 2.45) is 0 Å². The van der Waals surface area contributed by atoms with Crippen LogP contribution in [0.4, 0.5) is 5.69 Å². The van der Waals surface area contributed by atoms with Gasteiger partial charge in [-0.1, -0.05) is 18.2 Å². The Kier molecular flexibility index (Phi) is 6.23.